The van der Waals surface area contributed by atoms with Gasteiger partial charge in [0.2, 0.25) is 0 Å². The summed E-state index contributed by atoms with van der Waals surface area (Å²) in [6.07, 6.45) is 12.2. The molecule has 164 valence electrons. The van der Waals surface area contributed by atoms with E-state index < -0.39 is 31.9 Å². The normalized spacial score (nSPS) is 25.6. The van der Waals surface area contributed by atoms with Gasteiger partial charge in [-0.25, -0.2) is 4.79 Å². The van der Waals surface area contributed by atoms with Crippen LogP contribution in [0.1, 0.15) is 40.5 Å². The zero-order chi connectivity index (χ0) is 22.0. The Labute approximate surface area is 201 Å². The number of phosphoric acid groups is 1. The molecule has 7 nitrogen and oxygen atoms in total. The molecular formula is C21H32NaO7P. The number of esters is 1. The van der Waals surface area contributed by atoms with Crippen LogP contribution in [0, 0.1) is 17.8 Å². The molecule has 0 bridgehead atoms. The molecule has 0 spiro atoms. The monoisotopic (exact) mass is 450 g/mol. The fourth-order valence-corrected chi connectivity index (χ4v) is 3.88. The number of hydrogen-bond acceptors (Lipinski definition) is 6. The molecule has 0 aromatic rings. The third-order valence-electron chi connectivity index (χ3n) is 5.00. The Balaban J connectivity index is 0.00000841. The van der Waals surface area contributed by atoms with Gasteiger partial charge in [0.25, 0.3) is 7.82 Å². The molecular weight excluding hydrogens is 418 g/mol. The number of allylic oxidation sites excluding steroid dienone is 5. The van der Waals surface area contributed by atoms with Gasteiger partial charge in [-0.1, -0.05) is 63.3 Å². The van der Waals surface area contributed by atoms with Crippen LogP contribution in [0.5, 0.6) is 0 Å². The first-order valence-corrected chi connectivity index (χ1v) is 11.3. The summed E-state index contributed by atoms with van der Waals surface area (Å²) in [4.78, 5) is 32.0. The second kappa shape index (κ2) is 14.5. The minimum absolute atomic E-state index is 0. The van der Waals surface area contributed by atoms with Gasteiger partial charge in [0.1, 0.15) is 6.10 Å². The SMILES string of the molecule is C/C=C/C=C/C=C/C(O)C(C)C(CCC(C)C1OC(=O)C=CC1C)OP(=O)([O-])O.[Na+]. The van der Waals surface area contributed by atoms with Crippen molar-refractivity contribution >= 4 is 13.8 Å². The quantitative estimate of drug-likeness (QED) is 0.198. The smallest absolute Gasteiger partial charge is 0.756 e. The van der Waals surface area contributed by atoms with E-state index in [0.29, 0.717) is 6.42 Å². The van der Waals surface area contributed by atoms with Crippen molar-refractivity contribution in [2.24, 2.45) is 17.8 Å². The molecule has 1 heterocycles. The van der Waals surface area contributed by atoms with E-state index in [-0.39, 0.29) is 53.9 Å². The Bertz CT molecular complexity index is 683. The van der Waals surface area contributed by atoms with Crippen LogP contribution in [0.25, 0.3) is 0 Å². The van der Waals surface area contributed by atoms with Crippen molar-refractivity contribution < 1.29 is 63.1 Å². The van der Waals surface area contributed by atoms with E-state index in [9.17, 15) is 19.4 Å². The van der Waals surface area contributed by atoms with Crippen molar-refractivity contribution in [2.45, 2.75) is 58.8 Å². The minimum atomic E-state index is -4.98. The molecule has 1 aliphatic heterocycles. The Morgan fingerprint density at radius 2 is 1.90 bits per heavy atom. The molecule has 7 unspecified atom stereocenters. The largest absolute Gasteiger partial charge is 1.00 e. The number of hydrogen-bond donors (Lipinski definition) is 2. The fraction of sp³-hybridized carbons (Fsp3) is 0.571. The van der Waals surface area contributed by atoms with Crippen molar-refractivity contribution in [3.05, 3.63) is 48.6 Å². The molecule has 7 atom stereocenters. The van der Waals surface area contributed by atoms with E-state index in [0.717, 1.165) is 0 Å². The second-order valence-electron chi connectivity index (χ2n) is 7.43. The molecule has 0 aliphatic carbocycles. The Kier molecular flexibility index (Phi) is 14.3. The summed E-state index contributed by atoms with van der Waals surface area (Å²) in [5, 5.41) is 10.4. The summed E-state index contributed by atoms with van der Waals surface area (Å²) in [7, 11) is -4.98. The van der Waals surface area contributed by atoms with Crippen LogP contribution in [-0.2, 0) is 18.6 Å². The van der Waals surface area contributed by atoms with E-state index in [1.54, 1.807) is 31.2 Å². The number of ether oxygens (including phenoxy) is 1. The molecule has 0 aromatic carbocycles. The van der Waals surface area contributed by atoms with Gasteiger partial charge in [0.15, 0.2) is 0 Å². The maximum Gasteiger partial charge on any atom is 1.00 e. The first-order chi connectivity index (χ1) is 13.5. The number of rotatable bonds is 11. The van der Waals surface area contributed by atoms with Gasteiger partial charge in [-0.3, -0.25) is 4.57 Å². The molecule has 1 rings (SSSR count). The number of aliphatic hydroxyl groups excluding tert-OH is 1. The Morgan fingerprint density at radius 3 is 2.50 bits per heavy atom. The van der Waals surface area contributed by atoms with Crippen LogP contribution < -0.4 is 34.5 Å². The van der Waals surface area contributed by atoms with Crippen LogP contribution >= 0.6 is 7.82 Å². The molecule has 9 heteroatoms. The summed E-state index contributed by atoms with van der Waals surface area (Å²) < 4.78 is 21.5. The Hall–Kier alpha value is -0.500. The second-order valence-corrected chi connectivity index (χ2v) is 8.58. The predicted octanol–water partition coefficient (Wildman–Crippen LogP) is 0.0558. The van der Waals surface area contributed by atoms with Crippen LogP contribution in [0.4, 0.5) is 0 Å². The van der Waals surface area contributed by atoms with Crippen molar-refractivity contribution in [3.63, 3.8) is 0 Å². The fourth-order valence-electron chi connectivity index (χ4n) is 3.24. The topological polar surface area (TPSA) is 116 Å². The molecule has 1 aliphatic rings. The Morgan fingerprint density at radius 1 is 1.27 bits per heavy atom. The van der Waals surface area contributed by atoms with Crippen LogP contribution in [-0.4, -0.2) is 34.3 Å². The van der Waals surface area contributed by atoms with Gasteiger partial charge < -0.3 is 24.2 Å². The van der Waals surface area contributed by atoms with E-state index in [2.05, 4.69) is 0 Å². The maximum atomic E-state index is 11.5. The van der Waals surface area contributed by atoms with E-state index in [1.807, 2.05) is 32.9 Å². The van der Waals surface area contributed by atoms with Gasteiger partial charge in [0, 0.05) is 17.9 Å². The summed E-state index contributed by atoms with van der Waals surface area (Å²) in [6, 6.07) is 0. The van der Waals surface area contributed by atoms with E-state index in [4.69, 9.17) is 14.2 Å². The van der Waals surface area contributed by atoms with Crippen molar-refractivity contribution in [3.8, 4) is 0 Å². The maximum absolute atomic E-state index is 11.5. The van der Waals surface area contributed by atoms with Crippen molar-refractivity contribution in [1.82, 2.24) is 0 Å². The van der Waals surface area contributed by atoms with Crippen molar-refractivity contribution in [1.29, 1.82) is 0 Å². The van der Waals surface area contributed by atoms with Gasteiger partial charge in [0.05, 0.1) is 12.2 Å². The molecule has 30 heavy (non-hydrogen) atoms. The summed E-state index contributed by atoms with van der Waals surface area (Å²) in [5.74, 6) is -1.000. The van der Waals surface area contributed by atoms with Crippen molar-refractivity contribution in [2.75, 3.05) is 0 Å². The third kappa shape index (κ3) is 11.2. The molecule has 0 saturated heterocycles. The molecule has 0 aromatic heterocycles. The summed E-state index contributed by atoms with van der Waals surface area (Å²) >= 11 is 0. The van der Waals surface area contributed by atoms with Crippen LogP contribution in [0.15, 0.2) is 48.6 Å². The molecule has 0 amide bonds. The molecule has 0 radical (unpaired) electrons. The molecule has 0 fully saturated rings. The molecule has 0 saturated carbocycles. The standard InChI is InChI=1S/C21H33O7P.Na/c1-5-6-7-8-9-10-18(22)17(4)19(28-29(24,25)26)13-11-15(2)21-16(3)12-14-20(23)27-21;/h5-10,12,14-19,21-22H,11,13H2,1-4H3,(H2,24,25,26);/q;+1/p-1/b6-5+,8-7+,10-9+;. The number of cyclic esters (lactones) is 1. The predicted molar refractivity (Wildman–Crippen MR) is 110 cm³/mol. The first kappa shape index (κ1) is 29.5. The van der Waals surface area contributed by atoms with Gasteiger partial charge in [-0.05, 0) is 25.7 Å². The summed E-state index contributed by atoms with van der Waals surface area (Å²) in [5.41, 5.74) is 0. The number of aliphatic hydroxyl groups is 1. The van der Waals surface area contributed by atoms with Gasteiger partial charge in [-0.2, -0.15) is 0 Å². The van der Waals surface area contributed by atoms with E-state index in [1.165, 1.54) is 12.2 Å². The number of carbonyl (C=O) groups is 1. The number of phosphoric ester groups is 1. The first-order valence-electron chi connectivity index (χ1n) is 9.80. The van der Waals surface area contributed by atoms with Gasteiger partial charge >= 0.3 is 35.5 Å². The number of carbonyl (C=O) groups excluding carboxylic acids is 1. The average molecular weight is 450 g/mol. The average Bonchev–Trinajstić information content (AvgIpc) is 2.64. The zero-order valence-corrected chi connectivity index (χ0v) is 21.3. The third-order valence-corrected chi connectivity index (χ3v) is 5.54. The summed E-state index contributed by atoms with van der Waals surface area (Å²) in [6.45, 7) is 7.39. The van der Waals surface area contributed by atoms with Gasteiger partial charge in [-0.15, -0.1) is 0 Å². The van der Waals surface area contributed by atoms with E-state index >= 15 is 0 Å². The van der Waals surface area contributed by atoms with Crippen LogP contribution in [0.3, 0.4) is 0 Å². The zero-order valence-electron chi connectivity index (χ0n) is 18.4. The van der Waals surface area contributed by atoms with Crippen LogP contribution in [0.2, 0.25) is 0 Å². The molecule has 2 N–H and O–H groups in total. The minimum Gasteiger partial charge on any atom is -0.756 e.